The molecule has 1 rings (SSSR count). The van der Waals surface area contributed by atoms with Gasteiger partial charge in [-0.05, 0) is 5.56 Å². The van der Waals surface area contributed by atoms with Crippen molar-refractivity contribution >= 4 is 22.9 Å². The molecule has 1 aromatic carbocycles. The van der Waals surface area contributed by atoms with Crippen molar-refractivity contribution in [3.8, 4) is 0 Å². The molecule has 1 aromatic rings. The molecule has 4 nitrogen and oxygen atoms in total. The first-order chi connectivity index (χ1) is 8.22. The van der Waals surface area contributed by atoms with Crippen molar-refractivity contribution in [3.05, 3.63) is 35.9 Å². The standard InChI is InChI=1S/C12H16N2O2S.ClH/c1-2-17-11(13)8-14-12(15)16-9-10-6-4-3-5-7-10;/h3-7,13H,2,8-9H2,1H3,(H,14,15);1H. The molecule has 100 valence electrons. The monoisotopic (exact) mass is 288 g/mol. The number of halogens is 1. The number of alkyl carbamates (subject to hydrolysis) is 1. The maximum absolute atomic E-state index is 11.3. The fourth-order valence-electron chi connectivity index (χ4n) is 1.17. The minimum atomic E-state index is -0.450. The van der Waals surface area contributed by atoms with Gasteiger partial charge in [-0.15, -0.1) is 0 Å². The second kappa shape index (κ2) is 9.79. The lowest BCUT2D eigenvalue weighted by atomic mass is 10.2. The molecule has 0 aliphatic carbocycles. The van der Waals surface area contributed by atoms with Crippen LogP contribution in [0.2, 0.25) is 0 Å². The van der Waals surface area contributed by atoms with E-state index in [1.54, 1.807) is 0 Å². The molecule has 0 atom stereocenters. The first kappa shape index (κ1) is 16.8. The zero-order chi connectivity index (χ0) is 12.5. The molecule has 0 saturated heterocycles. The van der Waals surface area contributed by atoms with Gasteiger partial charge in [0.25, 0.3) is 0 Å². The van der Waals surface area contributed by atoms with Crippen LogP contribution < -0.4 is 23.1 Å². The number of hydrogen-bond donors (Lipinski definition) is 2. The van der Waals surface area contributed by atoms with Gasteiger partial charge in [-0.2, -0.15) is 0 Å². The molecule has 0 aliphatic rings. The Hall–Kier alpha value is -1.20. The minimum Gasteiger partial charge on any atom is -1.00 e. The number of amides is 1. The third-order valence-electron chi connectivity index (χ3n) is 1.95. The minimum absolute atomic E-state index is 0. The summed E-state index contributed by atoms with van der Waals surface area (Å²) in [6.45, 7) is 2.62. The number of nitrogens with two attached hydrogens (primary N) is 1. The van der Waals surface area contributed by atoms with Gasteiger partial charge in [0.15, 0.2) is 0 Å². The van der Waals surface area contributed by atoms with E-state index in [9.17, 15) is 4.79 Å². The average molecular weight is 289 g/mol. The van der Waals surface area contributed by atoms with Crippen molar-refractivity contribution in [2.45, 2.75) is 13.5 Å². The average Bonchev–Trinajstić information content (AvgIpc) is 2.35. The first-order valence-corrected chi connectivity index (χ1v) is 6.39. The van der Waals surface area contributed by atoms with Gasteiger partial charge >= 0.3 is 6.09 Å². The molecule has 0 aromatic heterocycles. The highest BCUT2D eigenvalue weighted by Gasteiger charge is 2.06. The molecule has 0 unspecified atom stereocenters. The number of carbonyl (C=O) groups excluding carboxylic acids is 1. The highest BCUT2D eigenvalue weighted by molar-refractivity contribution is 8.13. The number of carbonyl (C=O) groups is 1. The second-order valence-corrected chi connectivity index (χ2v) is 4.71. The predicted octanol–water partition coefficient (Wildman–Crippen LogP) is -2.17. The van der Waals surface area contributed by atoms with Crippen LogP contribution in [-0.4, -0.2) is 23.4 Å². The summed E-state index contributed by atoms with van der Waals surface area (Å²) in [5, 5.41) is 8.93. The van der Waals surface area contributed by atoms with Crippen LogP contribution in [0.25, 0.3) is 0 Å². The second-order valence-electron chi connectivity index (χ2n) is 3.31. The van der Waals surface area contributed by atoms with Gasteiger partial charge < -0.3 is 22.5 Å². The van der Waals surface area contributed by atoms with Crippen LogP contribution in [0.4, 0.5) is 4.79 Å². The van der Waals surface area contributed by atoms with Gasteiger partial charge in [0.2, 0.25) is 5.04 Å². The van der Waals surface area contributed by atoms with Crippen molar-refractivity contribution in [1.82, 2.24) is 5.32 Å². The summed E-state index contributed by atoms with van der Waals surface area (Å²) in [6, 6.07) is 9.53. The van der Waals surface area contributed by atoms with Crippen LogP contribution >= 0.6 is 11.8 Å². The van der Waals surface area contributed by atoms with E-state index in [4.69, 9.17) is 10.1 Å². The molecule has 6 heteroatoms. The maximum Gasteiger partial charge on any atom is 0.407 e. The highest BCUT2D eigenvalue weighted by Crippen LogP contribution is 2.00. The highest BCUT2D eigenvalue weighted by atomic mass is 35.5. The number of hydrogen-bond acceptors (Lipinski definition) is 3. The summed E-state index contributed by atoms with van der Waals surface area (Å²) in [5.41, 5.74) is 0.961. The molecule has 0 radical (unpaired) electrons. The van der Waals surface area contributed by atoms with Crippen LogP contribution in [0, 0.1) is 0 Å². The van der Waals surface area contributed by atoms with Gasteiger partial charge in [-0.1, -0.05) is 49.0 Å². The molecular weight excluding hydrogens is 272 g/mol. The summed E-state index contributed by atoms with van der Waals surface area (Å²) in [5.74, 6) is 0.895. The Labute approximate surface area is 117 Å². The third-order valence-corrected chi connectivity index (χ3v) is 2.75. The summed E-state index contributed by atoms with van der Waals surface area (Å²) >= 11 is 1.51. The van der Waals surface area contributed by atoms with Crippen molar-refractivity contribution in [2.24, 2.45) is 0 Å². The van der Waals surface area contributed by atoms with E-state index in [0.29, 0.717) is 11.6 Å². The fourth-order valence-corrected chi connectivity index (χ4v) is 1.71. The predicted molar refractivity (Wildman–Crippen MR) is 69.7 cm³/mol. The summed E-state index contributed by atoms with van der Waals surface area (Å²) < 4.78 is 5.03. The Kier molecular flexibility index (Phi) is 9.14. The van der Waals surface area contributed by atoms with Gasteiger partial charge in [-0.25, -0.2) is 4.79 Å². The van der Waals surface area contributed by atoms with Crippen molar-refractivity contribution in [2.75, 3.05) is 12.3 Å². The molecule has 1 amide bonds. The zero-order valence-corrected chi connectivity index (χ0v) is 11.8. The lowest BCUT2D eigenvalue weighted by Crippen LogP contribution is -3.00. The molecule has 0 saturated carbocycles. The Morgan fingerprint density at radius 2 is 2.06 bits per heavy atom. The summed E-state index contributed by atoms with van der Waals surface area (Å²) in [6.07, 6.45) is -0.450. The maximum atomic E-state index is 11.3. The van der Waals surface area contributed by atoms with Crippen LogP contribution in [0.1, 0.15) is 12.5 Å². The Balaban J connectivity index is 0.00000289. The van der Waals surface area contributed by atoms with Crippen molar-refractivity contribution < 1.29 is 27.3 Å². The van der Waals surface area contributed by atoms with E-state index in [2.05, 4.69) is 5.32 Å². The van der Waals surface area contributed by atoms with Gasteiger partial charge in [-0.3, -0.25) is 5.41 Å². The zero-order valence-electron chi connectivity index (χ0n) is 10.2. The third kappa shape index (κ3) is 7.19. The molecule has 0 bridgehead atoms. The van der Waals surface area contributed by atoms with E-state index in [1.165, 1.54) is 11.8 Å². The summed E-state index contributed by atoms with van der Waals surface area (Å²) in [7, 11) is 0. The molecular formula is C12H17ClN2O2S. The molecule has 0 heterocycles. The van der Waals surface area contributed by atoms with E-state index < -0.39 is 6.09 Å². The lowest BCUT2D eigenvalue weighted by Gasteiger charge is -2.05. The fraction of sp³-hybridized carbons (Fsp3) is 0.333. The van der Waals surface area contributed by atoms with Gasteiger partial charge in [0.05, 0.1) is 0 Å². The quantitative estimate of drug-likeness (QED) is 0.479. The smallest absolute Gasteiger partial charge is 0.407 e. The normalized spacial score (nSPS) is 9.17. The largest absolute Gasteiger partial charge is 1.00 e. The van der Waals surface area contributed by atoms with Gasteiger partial charge in [0.1, 0.15) is 13.2 Å². The molecule has 0 spiro atoms. The molecule has 0 aliphatic heterocycles. The molecule has 3 N–H and O–H groups in total. The van der Waals surface area contributed by atoms with E-state index >= 15 is 0 Å². The lowest BCUT2D eigenvalue weighted by molar-refractivity contribution is -0.110. The first-order valence-electron chi connectivity index (χ1n) is 5.41. The van der Waals surface area contributed by atoms with Crippen LogP contribution in [0.15, 0.2) is 30.3 Å². The topological polar surface area (TPSA) is 63.9 Å². The molecule has 18 heavy (non-hydrogen) atoms. The Bertz CT molecular complexity index is 374. The Morgan fingerprint density at radius 1 is 1.39 bits per heavy atom. The SMILES string of the molecule is CCSC(=[NH2+])CNC(=O)OCc1ccccc1.[Cl-]. The van der Waals surface area contributed by atoms with Crippen LogP contribution in [0.5, 0.6) is 0 Å². The number of thioether (sulfide) groups is 1. The Morgan fingerprint density at radius 3 is 2.67 bits per heavy atom. The number of rotatable bonds is 5. The van der Waals surface area contributed by atoms with Crippen molar-refractivity contribution in [1.29, 1.82) is 0 Å². The van der Waals surface area contributed by atoms with Crippen LogP contribution in [0.3, 0.4) is 0 Å². The van der Waals surface area contributed by atoms with Crippen molar-refractivity contribution in [3.63, 3.8) is 0 Å². The number of ether oxygens (including phenoxy) is 1. The van der Waals surface area contributed by atoms with E-state index in [-0.39, 0.29) is 19.0 Å². The van der Waals surface area contributed by atoms with E-state index in [0.717, 1.165) is 11.3 Å². The van der Waals surface area contributed by atoms with Gasteiger partial charge in [0, 0.05) is 5.75 Å². The van der Waals surface area contributed by atoms with E-state index in [1.807, 2.05) is 37.3 Å². The summed E-state index contributed by atoms with van der Waals surface area (Å²) in [4.78, 5) is 11.3. The van der Waals surface area contributed by atoms with Crippen LogP contribution in [-0.2, 0) is 11.3 Å². The molecule has 0 fully saturated rings. The number of benzene rings is 1. The number of nitrogens with one attached hydrogen (secondary N) is 1.